The fourth-order valence-electron chi connectivity index (χ4n) is 1.52. The number of nitrogens with one attached hydrogen (secondary N) is 1. The number of aromatic hydroxyl groups is 1. The number of benzene rings is 1. The number of carboxylic acid groups (broad SMARTS) is 1. The second kappa shape index (κ2) is 5.73. The fraction of sp³-hybridized carbons (Fsp3) is 0.429. The number of hydrogen-bond acceptors (Lipinski definition) is 3. The van der Waals surface area contributed by atoms with Crippen molar-refractivity contribution in [3.05, 3.63) is 29.3 Å². The van der Waals surface area contributed by atoms with Crippen molar-refractivity contribution in [2.24, 2.45) is 5.41 Å². The van der Waals surface area contributed by atoms with Crippen molar-refractivity contribution < 1.29 is 19.8 Å². The Morgan fingerprint density at radius 3 is 2.53 bits per heavy atom. The van der Waals surface area contributed by atoms with Gasteiger partial charge in [-0.05, 0) is 39.3 Å². The molecule has 0 atom stereocenters. The highest BCUT2D eigenvalue weighted by Gasteiger charge is 2.26. The Morgan fingerprint density at radius 2 is 1.95 bits per heavy atom. The highest BCUT2D eigenvalue weighted by molar-refractivity contribution is 5.97. The van der Waals surface area contributed by atoms with E-state index in [1.165, 1.54) is 6.07 Å². The zero-order chi connectivity index (χ0) is 14.6. The summed E-state index contributed by atoms with van der Waals surface area (Å²) in [4.78, 5) is 22.8. The quantitative estimate of drug-likeness (QED) is 0.759. The first-order valence-electron chi connectivity index (χ1n) is 6.05. The summed E-state index contributed by atoms with van der Waals surface area (Å²) in [6.45, 7) is 5.27. The second-order valence-electron chi connectivity index (χ2n) is 5.22. The van der Waals surface area contributed by atoms with Gasteiger partial charge in [-0.3, -0.25) is 9.59 Å². The van der Waals surface area contributed by atoms with Crippen molar-refractivity contribution in [1.29, 1.82) is 0 Å². The summed E-state index contributed by atoms with van der Waals surface area (Å²) in [5.74, 6) is -1.39. The molecule has 1 amide bonds. The maximum Gasteiger partial charge on any atom is 0.309 e. The van der Waals surface area contributed by atoms with Gasteiger partial charge in [-0.1, -0.05) is 11.6 Å². The van der Waals surface area contributed by atoms with Crippen LogP contribution in [0.2, 0.25) is 0 Å². The van der Waals surface area contributed by atoms with Gasteiger partial charge in [0, 0.05) is 6.54 Å². The average molecular weight is 265 g/mol. The molecule has 0 aromatic heterocycles. The van der Waals surface area contributed by atoms with Crippen LogP contribution in [0.1, 0.15) is 36.2 Å². The number of carbonyl (C=O) groups is 2. The number of hydrogen-bond donors (Lipinski definition) is 3. The van der Waals surface area contributed by atoms with E-state index in [4.69, 9.17) is 5.11 Å². The van der Waals surface area contributed by atoms with E-state index in [1.807, 2.05) is 6.92 Å². The smallest absolute Gasteiger partial charge is 0.309 e. The van der Waals surface area contributed by atoms with Gasteiger partial charge in [0.05, 0.1) is 11.0 Å². The monoisotopic (exact) mass is 265 g/mol. The number of rotatable bonds is 5. The third-order valence-electron chi connectivity index (χ3n) is 3.01. The number of aliphatic carboxylic acids is 1. The molecule has 19 heavy (non-hydrogen) atoms. The summed E-state index contributed by atoms with van der Waals surface area (Å²) in [7, 11) is 0. The summed E-state index contributed by atoms with van der Waals surface area (Å²) in [6, 6.07) is 4.76. The minimum absolute atomic E-state index is 0.0828. The summed E-state index contributed by atoms with van der Waals surface area (Å²) in [5, 5.41) is 21.2. The van der Waals surface area contributed by atoms with Crippen LogP contribution in [0.3, 0.4) is 0 Å². The van der Waals surface area contributed by atoms with Gasteiger partial charge >= 0.3 is 5.97 Å². The van der Waals surface area contributed by atoms with E-state index in [9.17, 15) is 14.7 Å². The van der Waals surface area contributed by atoms with Crippen LogP contribution in [0.25, 0.3) is 0 Å². The van der Waals surface area contributed by atoms with Crippen molar-refractivity contribution in [2.75, 3.05) is 6.54 Å². The van der Waals surface area contributed by atoms with Gasteiger partial charge in [-0.15, -0.1) is 0 Å². The van der Waals surface area contributed by atoms with Crippen LogP contribution in [-0.4, -0.2) is 28.6 Å². The fourth-order valence-corrected chi connectivity index (χ4v) is 1.52. The van der Waals surface area contributed by atoms with Gasteiger partial charge in [-0.25, -0.2) is 0 Å². The molecule has 0 saturated heterocycles. The van der Waals surface area contributed by atoms with Crippen LogP contribution in [0.5, 0.6) is 5.75 Å². The molecule has 0 fully saturated rings. The minimum atomic E-state index is -0.903. The van der Waals surface area contributed by atoms with E-state index in [1.54, 1.807) is 26.0 Å². The standard InChI is InChI=1S/C14H19NO4/c1-9-4-5-11(16)10(8-9)12(17)15-7-6-14(2,3)13(18)19/h4-5,8,16H,6-7H2,1-3H3,(H,15,17)(H,18,19). The largest absolute Gasteiger partial charge is 0.507 e. The Kier molecular flexibility index (Phi) is 4.53. The molecule has 0 aliphatic carbocycles. The Hall–Kier alpha value is -2.04. The maximum absolute atomic E-state index is 11.9. The minimum Gasteiger partial charge on any atom is -0.507 e. The maximum atomic E-state index is 11.9. The number of carboxylic acids is 1. The van der Waals surface area contributed by atoms with Gasteiger partial charge < -0.3 is 15.5 Å². The third kappa shape index (κ3) is 3.98. The molecule has 3 N–H and O–H groups in total. The van der Waals surface area contributed by atoms with Gasteiger partial charge in [0.25, 0.3) is 5.91 Å². The first-order valence-corrected chi connectivity index (χ1v) is 6.05. The Morgan fingerprint density at radius 1 is 1.32 bits per heavy atom. The van der Waals surface area contributed by atoms with E-state index < -0.39 is 17.3 Å². The molecule has 0 unspecified atom stereocenters. The van der Waals surface area contributed by atoms with Crippen LogP contribution < -0.4 is 5.32 Å². The van der Waals surface area contributed by atoms with Crippen molar-refractivity contribution >= 4 is 11.9 Å². The van der Waals surface area contributed by atoms with E-state index in [0.29, 0.717) is 6.42 Å². The third-order valence-corrected chi connectivity index (χ3v) is 3.01. The number of phenols is 1. The molecule has 0 spiro atoms. The van der Waals surface area contributed by atoms with E-state index in [2.05, 4.69) is 5.32 Å². The van der Waals surface area contributed by atoms with Crippen molar-refractivity contribution in [1.82, 2.24) is 5.32 Å². The number of carbonyl (C=O) groups excluding carboxylic acids is 1. The lowest BCUT2D eigenvalue weighted by atomic mass is 9.89. The lowest BCUT2D eigenvalue weighted by Crippen LogP contribution is -2.32. The Labute approximate surface area is 112 Å². The lowest BCUT2D eigenvalue weighted by molar-refractivity contribution is -0.147. The van der Waals surface area contributed by atoms with Crippen LogP contribution in [0.15, 0.2) is 18.2 Å². The molecule has 0 saturated carbocycles. The van der Waals surface area contributed by atoms with Gasteiger partial charge in [0.1, 0.15) is 5.75 Å². The Bertz CT molecular complexity index is 494. The van der Waals surface area contributed by atoms with Crippen molar-refractivity contribution in [3.8, 4) is 5.75 Å². The Balaban J connectivity index is 2.62. The van der Waals surface area contributed by atoms with Gasteiger partial charge in [-0.2, -0.15) is 0 Å². The first-order chi connectivity index (χ1) is 8.74. The molecule has 0 aliphatic heterocycles. The summed E-state index contributed by atoms with van der Waals surface area (Å²) < 4.78 is 0. The topological polar surface area (TPSA) is 86.6 Å². The van der Waals surface area contributed by atoms with E-state index >= 15 is 0 Å². The van der Waals surface area contributed by atoms with Crippen LogP contribution >= 0.6 is 0 Å². The molecule has 0 heterocycles. The molecule has 0 aliphatic rings. The molecule has 0 radical (unpaired) electrons. The molecular weight excluding hydrogens is 246 g/mol. The number of phenolic OH excluding ortho intramolecular Hbond substituents is 1. The van der Waals surface area contributed by atoms with Crippen LogP contribution in [-0.2, 0) is 4.79 Å². The number of amides is 1. The molecule has 5 nitrogen and oxygen atoms in total. The van der Waals surface area contributed by atoms with Gasteiger partial charge in [0.2, 0.25) is 0 Å². The zero-order valence-corrected chi connectivity index (χ0v) is 11.4. The van der Waals surface area contributed by atoms with Crippen LogP contribution in [0.4, 0.5) is 0 Å². The molecule has 0 bridgehead atoms. The SMILES string of the molecule is Cc1ccc(O)c(C(=O)NCCC(C)(C)C(=O)O)c1. The predicted molar refractivity (Wildman–Crippen MR) is 71.2 cm³/mol. The van der Waals surface area contributed by atoms with E-state index in [-0.39, 0.29) is 17.9 Å². The predicted octanol–water partition coefficient (Wildman–Crippen LogP) is 1.93. The first kappa shape index (κ1) is 15.0. The number of aryl methyl sites for hydroxylation is 1. The summed E-state index contributed by atoms with van der Waals surface area (Å²) in [5.41, 5.74) is 0.184. The average Bonchev–Trinajstić information content (AvgIpc) is 2.31. The molecule has 5 heteroatoms. The molecule has 1 rings (SSSR count). The summed E-state index contributed by atoms with van der Waals surface area (Å²) >= 11 is 0. The molecule has 104 valence electrons. The molecular formula is C14H19NO4. The lowest BCUT2D eigenvalue weighted by Gasteiger charge is -2.19. The zero-order valence-electron chi connectivity index (χ0n) is 11.4. The molecule has 1 aromatic carbocycles. The normalized spacial score (nSPS) is 11.1. The van der Waals surface area contributed by atoms with Gasteiger partial charge in [0.15, 0.2) is 0 Å². The van der Waals surface area contributed by atoms with Crippen LogP contribution in [0, 0.1) is 12.3 Å². The van der Waals surface area contributed by atoms with Crippen molar-refractivity contribution in [3.63, 3.8) is 0 Å². The highest BCUT2D eigenvalue weighted by Crippen LogP contribution is 2.20. The molecule has 1 aromatic rings. The van der Waals surface area contributed by atoms with E-state index in [0.717, 1.165) is 5.56 Å². The van der Waals surface area contributed by atoms with Crippen molar-refractivity contribution in [2.45, 2.75) is 27.2 Å². The summed E-state index contributed by atoms with van der Waals surface area (Å²) in [6.07, 6.45) is 0.320. The highest BCUT2D eigenvalue weighted by atomic mass is 16.4. The second-order valence-corrected chi connectivity index (χ2v) is 5.22.